The van der Waals surface area contributed by atoms with Gasteiger partial charge in [-0.25, -0.2) is 4.99 Å². The van der Waals surface area contributed by atoms with Gasteiger partial charge in [0.15, 0.2) is 0 Å². The second-order valence-electron chi connectivity index (χ2n) is 6.85. The molecular formula is C22H26ClN3O5. The number of carbonyl (C=O) groups is 1. The molecule has 0 aromatic heterocycles. The van der Waals surface area contributed by atoms with Gasteiger partial charge in [-0.2, -0.15) is 0 Å². The molecule has 0 bridgehead atoms. The van der Waals surface area contributed by atoms with Gasteiger partial charge in [0.05, 0.1) is 39.0 Å². The topological polar surface area (TPSA) is 90.4 Å². The largest absolute Gasteiger partial charge is 0.497 e. The van der Waals surface area contributed by atoms with Gasteiger partial charge in [-0.15, -0.1) is 0 Å². The Morgan fingerprint density at radius 2 is 1.87 bits per heavy atom. The first-order chi connectivity index (χ1) is 15.0. The number of nitrogens with zero attached hydrogens (tertiary/aromatic N) is 1. The monoisotopic (exact) mass is 447 g/mol. The normalized spacial score (nSPS) is 16.0. The minimum atomic E-state index is -0.365. The Labute approximate surface area is 186 Å². The van der Waals surface area contributed by atoms with Crippen LogP contribution < -0.4 is 24.8 Å². The summed E-state index contributed by atoms with van der Waals surface area (Å²) in [5.41, 5.74) is 1.02. The van der Waals surface area contributed by atoms with Crippen LogP contribution in [0, 0.1) is 0 Å². The third kappa shape index (κ3) is 6.26. The van der Waals surface area contributed by atoms with E-state index in [-0.39, 0.29) is 18.0 Å². The predicted molar refractivity (Wildman–Crippen MR) is 120 cm³/mol. The molecule has 2 aromatic rings. The van der Waals surface area contributed by atoms with Crippen molar-refractivity contribution in [3.8, 4) is 17.2 Å². The van der Waals surface area contributed by atoms with E-state index in [1.165, 1.54) is 14.2 Å². The maximum atomic E-state index is 12.9. The molecule has 1 fully saturated rings. The van der Waals surface area contributed by atoms with Crippen LogP contribution in [0.1, 0.15) is 23.2 Å². The van der Waals surface area contributed by atoms with Gasteiger partial charge < -0.3 is 24.3 Å². The Bertz CT molecular complexity index is 922. The van der Waals surface area contributed by atoms with E-state index in [0.717, 1.165) is 19.4 Å². The molecule has 1 heterocycles. The van der Waals surface area contributed by atoms with Gasteiger partial charge in [0.25, 0.3) is 5.91 Å². The Morgan fingerprint density at radius 3 is 2.45 bits per heavy atom. The maximum absolute atomic E-state index is 12.9. The SMILES string of the molecule is COc1cc(OC)cc(C(=O)NC(=NC[C@@H]2CCCO2)Nc2ccc(OC)c(Cl)c2)c1. The molecule has 2 aromatic carbocycles. The molecule has 1 saturated heterocycles. The fourth-order valence-electron chi connectivity index (χ4n) is 3.09. The number of rotatable bonds is 7. The molecule has 8 nitrogen and oxygen atoms in total. The van der Waals surface area contributed by atoms with Crippen LogP contribution in [0.15, 0.2) is 41.4 Å². The van der Waals surface area contributed by atoms with Crippen molar-refractivity contribution in [1.29, 1.82) is 0 Å². The van der Waals surface area contributed by atoms with Gasteiger partial charge in [-0.1, -0.05) is 11.6 Å². The van der Waals surface area contributed by atoms with Crippen molar-refractivity contribution in [1.82, 2.24) is 5.32 Å². The average Bonchev–Trinajstić information content (AvgIpc) is 3.31. The standard InChI is InChI=1S/C22H26ClN3O5/c1-28-17-9-14(10-18(12-17)29-2)21(27)26-22(24-13-16-5-4-8-31-16)25-15-6-7-20(30-3)19(23)11-15/h6-7,9-12,16H,4-5,8,13H2,1-3H3,(H2,24,25,26,27)/t16-/m0/s1. The first kappa shape index (κ1) is 22.7. The molecule has 0 spiro atoms. The number of amides is 1. The third-order valence-corrected chi connectivity index (χ3v) is 5.03. The molecule has 1 aliphatic heterocycles. The van der Waals surface area contributed by atoms with Gasteiger partial charge in [0.2, 0.25) is 5.96 Å². The summed E-state index contributed by atoms with van der Waals surface area (Å²) >= 11 is 6.22. The first-order valence-corrected chi connectivity index (χ1v) is 10.2. The lowest BCUT2D eigenvalue weighted by Gasteiger charge is -2.15. The van der Waals surface area contributed by atoms with E-state index in [1.807, 2.05) is 0 Å². The number of ether oxygens (including phenoxy) is 4. The number of methoxy groups -OCH3 is 3. The van der Waals surface area contributed by atoms with Crippen molar-refractivity contribution in [2.75, 3.05) is 39.8 Å². The Balaban J connectivity index is 1.81. The molecule has 1 amide bonds. The zero-order valence-corrected chi connectivity index (χ0v) is 18.5. The van der Waals surface area contributed by atoms with Crippen LogP contribution in [0.4, 0.5) is 5.69 Å². The number of guanidine groups is 1. The summed E-state index contributed by atoms with van der Waals surface area (Å²) in [6.07, 6.45) is 1.98. The highest BCUT2D eigenvalue weighted by Crippen LogP contribution is 2.27. The Morgan fingerprint density at radius 1 is 1.13 bits per heavy atom. The number of halogens is 1. The summed E-state index contributed by atoms with van der Waals surface area (Å²) in [7, 11) is 4.60. The van der Waals surface area contributed by atoms with Crippen LogP contribution in [0.25, 0.3) is 0 Å². The van der Waals surface area contributed by atoms with Gasteiger partial charge in [0, 0.05) is 23.9 Å². The fraction of sp³-hybridized carbons (Fsp3) is 0.364. The molecular weight excluding hydrogens is 422 g/mol. The lowest BCUT2D eigenvalue weighted by Crippen LogP contribution is -2.36. The number of benzene rings is 2. The van der Waals surface area contributed by atoms with E-state index in [9.17, 15) is 4.79 Å². The highest BCUT2D eigenvalue weighted by Gasteiger charge is 2.17. The molecule has 3 rings (SSSR count). The highest BCUT2D eigenvalue weighted by atomic mass is 35.5. The molecule has 31 heavy (non-hydrogen) atoms. The van der Waals surface area contributed by atoms with Gasteiger partial charge in [0.1, 0.15) is 17.2 Å². The average molecular weight is 448 g/mol. The van der Waals surface area contributed by atoms with E-state index in [0.29, 0.717) is 40.1 Å². The molecule has 2 N–H and O–H groups in total. The van der Waals surface area contributed by atoms with Crippen LogP contribution in [0.2, 0.25) is 5.02 Å². The van der Waals surface area contributed by atoms with Gasteiger partial charge >= 0.3 is 0 Å². The van der Waals surface area contributed by atoms with Gasteiger partial charge in [-0.05, 0) is 43.2 Å². The molecule has 166 valence electrons. The van der Waals surface area contributed by atoms with Crippen LogP contribution in [0.3, 0.4) is 0 Å². The lowest BCUT2D eigenvalue weighted by molar-refractivity contribution is 0.0975. The zero-order valence-electron chi connectivity index (χ0n) is 17.7. The molecule has 1 aliphatic rings. The van der Waals surface area contributed by atoms with Crippen LogP contribution in [0.5, 0.6) is 17.2 Å². The van der Waals surface area contributed by atoms with Crippen LogP contribution in [-0.2, 0) is 4.74 Å². The van der Waals surface area contributed by atoms with E-state index in [2.05, 4.69) is 15.6 Å². The second-order valence-corrected chi connectivity index (χ2v) is 7.26. The van der Waals surface area contributed by atoms with Gasteiger partial charge in [-0.3, -0.25) is 10.1 Å². The lowest BCUT2D eigenvalue weighted by atomic mass is 10.2. The van der Waals surface area contributed by atoms with Crippen LogP contribution in [-0.4, -0.2) is 52.5 Å². The molecule has 9 heteroatoms. The minimum Gasteiger partial charge on any atom is -0.497 e. The summed E-state index contributed by atoms with van der Waals surface area (Å²) in [6, 6.07) is 10.2. The predicted octanol–water partition coefficient (Wildman–Crippen LogP) is 3.74. The van der Waals surface area contributed by atoms with Crippen molar-refractivity contribution < 1.29 is 23.7 Å². The molecule has 0 saturated carbocycles. The van der Waals surface area contributed by atoms with E-state index >= 15 is 0 Å². The molecule has 0 unspecified atom stereocenters. The van der Waals surface area contributed by atoms with Crippen molar-refractivity contribution in [3.63, 3.8) is 0 Å². The zero-order chi connectivity index (χ0) is 22.2. The molecule has 0 radical (unpaired) electrons. The number of hydrogen-bond acceptors (Lipinski definition) is 6. The number of anilines is 1. The second kappa shape index (κ2) is 10.9. The van der Waals surface area contributed by atoms with Crippen molar-refractivity contribution in [3.05, 3.63) is 47.0 Å². The quantitative estimate of drug-likeness (QED) is 0.496. The third-order valence-electron chi connectivity index (χ3n) is 4.74. The number of aliphatic imine (C=N–C) groups is 1. The first-order valence-electron chi connectivity index (χ1n) is 9.83. The number of hydrogen-bond donors (Lipinski definition) is 2. The number of carbonyl (C=O) groups excluding carboxylic acids is 1. The van der Waals surface area contributed by atoms with Crippen LogP contribution >= 0.6 is 11.6 Å². The fourth-order valence-corrected chi connectivity index (χ4v) is 3.35. The molecule has 1 atom stereocenters. The van der Waals surface area contributed by atoms with E-state index in [1.54, 1.807) is 43.5 Å². The smallest absolute Gasteiger partial charge is 0.258 e. The van der Waals surface area contributed by atoms with Crippen molar-refractivity contribution >= 4 is 29.2 Å². The summed E-state index contributed by atoms with van der Waals surface area (Å²) in [5.74, 6) is 1.49. The number of nitrogens with one attached hydrogen (secondary N) is 2. The van der Waals surface area contributed by atoms with Crippen molar-refractivity contribution in [2.24, 2.45) is 4.99 Å². The minimum absolute atomic E-state index is 0.0325. The Kier molecular flexibility index (Phi) is 7.97. The maximum Gasteiger partial charge on any atom is 0.258 e. The van der Waals surface area contributed by atoms with E-state index < -0.39 is 0 Å². The summed E-state index contributed by atoms with van der Waals surface area (Å²) in [5, 5.41) is 6.37. The summed E-state index contributed by atoms with van der Waals surface area (Å²) < 4.78 is 21.3. The molecule has 0 aliphatic carbocycles. The summed E-state index contributed by atoms with van der Waals surface area (Å²) in [4.78, 5) is 17.5. The Hall–Kier alpha value is -2.97. The summed E-state index contributed by atoms with van der Waals surface area (Å²) in [6.45, 7) is 1.15. The van der Waals surface area contributed by atoms with E-state index in [4.69, 9.17) is 30.5 Å². The highest BCUT2D eigenvalue weighted by molar-refractivity contribution is 6.32. The van der Waals surface area contributed by atoms with Crippen molar-refractivity contribution in [2.45, 2.75) is 18.9 Å².